The van der Waals surface area contributed by atoms with Gasteiger partial charge in [0.05, 0.1) is 16.1 Å². The molecule has 1 heterocycles. The minimum atomic E-state index is -3.67. The van der Waals surface area contributed by atoms with Crippen LogP contribution in [0.15, 0.2) is 52.0 Å². The van der Waals surface area contributed by atoms with Gasteiger partial charge in [-0.1, -0.05) is 34.8 Å². The number of fused-ring (bicyclic) bond motifs is 1. The van der Waals surface area contributed by atoms with Crippen molar-refractivity contribution in [3.63, 3.8) is 0 Å². The van der Waals surface area contributed by atoms with Crippen LogP contribution in [0.3, 0.4) is 0 Å². The van der Waals surface area contributed by atoms with Gasteiger partial charge in [0.2, 0.25) is 0 Å². The van der Waals surface area contributed by atoms with Crippen molar-refractivity contribution in [2.75, 3.05) is 4.72 Å². The molecular formula is C19H20BrN3O2S. The van der Waals surface area contributed by atoms with Crippen molar-refractivity contribution in [2.24, 2.45) is 7.05 Å². The monoisotopic (exact) mass is 433 g/mol. The van der Waals surface area contributed by atoms with Gasteiger partial charge in [0.15, 0.2) is 0 Å². The van der Waals surface area contributed by atoms with Gasteiger partial charge in [-0.25, -0.2) is 8.42 Å². The number of benzene rings is 2. The summed E-state index contributed by atoms with van der Waals surface area (Å²) in [5, 5.41) is 5.28. The lowest BCUT2D eigenvalue weighted by Crippen LogP contribution is -2.15. The van der Waals surface area contributed by atoms with Crippen LogP contribution in [0, 0.1) is 0 Å². The Labute approximate surface area is 161 Å². The minimum Gasteiger partial charge on any atom is -0.279 e. The SMILES string of the molecule is Cn1cc2c(NS(=O)(=O)c3ccc(Br)cc3)c(C3CCCC3)ccc2n1. The summed E-state index contributed by atoms with van der Waals surface area (Å²) >= 11 is 3.34. The van der Waals surface area contributed by atoms with Crippen LogP contribution >= 0.6 is 15.9 Å². The van der Waals surface area contributed by atoms with Gasteiger partial charge in [-0.15, -0.1) is 0 Å². The standard InChI is InChI=1S/C19H20BrN3O2S/c1-23-12-17-18(21-23)11-10-16(13-4-2-3-5-13)19(17)22-26(24,25)15-8-6-14(20)7-9-15/h6-13,22H,2-5H2,1H3. The van der Waals surface area contributed by atoms with Crippen LogP contribution in [0.5, 0.6) is 0 Å². The van der Waals surface area contributed by atoms with Gasteiger partial charge in [-0.3, -0.25) is 9.40 Å². The molecule has 1 N–H and O–H groups in total. The number of nitrogens with one attached hydrogen (secondary N) is 1. The van der Waals surface area contributed by atoms with E-state index in [0.717, 1.165) is 33.8 Å². The number of halogens is 1. The van der Waals surface area contributed by atoms with Crippen molar-refractivity contribution in [2.45, 2.75) is 36.5 Å². The quantitative estimate of drug-likeness (QED) is 0.642. The van der Waals surface area contributed by atoms with Crippen molar-refractivity contribution in [3.8, 4) is 0 Å². The summed E-state index contributed by atoms with van der Waals surface area (Å²) in [6.07, 6.45) is 6.45. The Morgan fingerprint density at radius 1 is 1.12 bits per heavy atom. The van der Waals surface area contributed by atoms with Crippen molar-refractivity contribution in [1.29, 1.82) is 0 Å². The maximum Gasteiger partial charge on any atom is 0.261 e. The zero-order chi connectivity index (χ0) is 18.3. The molecular weight excluding hydrogens is 414 g/mol. The lowest BCUT2D eigenvalue weighted by Gasteiger charge is -2.18. The molecule has 0 bridgehead atoms. The molecule has 0 saturated heterocycles. The topological polar surface area (TPSA) is 64.0 Å². The molecule has 3 aromatic rings. The summed E-state index contributed by atoms with van der Waals surface area (Å²) in [5.41, 5.74) is 2.54. The molecule has 0 spiro atoms. The third kappa shape index (κ3) is 3.25. The Kier molecular flexibility index (Phi) is 4.52. The van der Waals surface area contributed by atoms with Crippen LogP contribution in [0.2, 0.25) is 0 Å². The Morgan fingerprint density at radius 2 is 1.81 bits per heavy atom. The molecule has 26 heavy (non-hydrogen) atoms. The number of hydrogen-bond donors (Lipinski definition) is 1. The minimum absolute atomic E-state index is 0.249. The number of hydrogen-bond acceptors (Lipinski definition) is 3. The van der Waals surface area contributed by atoms with Gasteiger partial charge in [0.25, 0.3) is 10.0 Å². The Bertz CT molecular complexity index is 1050. The van der Waals surface area contributed by atoms with Gasteiger partial charge in [-0.05, 0) is 54.7 Å². The van der Waals surface area contributed by atoms with Crippen LogP contribution in [-0.4, -0.2) is 18.2 Å². The Morgan fingerprint density at radius 3 is 2.50 bits per heavy atom. The van der Waals surface area contributed by atoms with Crippen molar-refractivity contribution < 1.29 is 8.42 Å². The molecule has 0 atom stereocenters. The largest absolute Gasteiger partial charge is 0.279 e. The molecule has 136 valence electrons. The number of aryl methyl sites for hydroxylation is 1. The first kappa shape index (κ1) is 17.5. The molecule has 1 fully saturated rings. The third-order valence-electron chi connectivity index (χ3n) is 4.99. The van der Waals surface area contributed by atoms with E-state index in [1.807, 2.05) is 25.4 Å². The fourth-order valence-corrected chi connectivity index (χ4v) is 5.10. The van der Waals surface area contributed by atoms with E-state index in [1.165, 1.54) is 12.8 Å². The first-order valence-electron chi connectivity index (χ1n) is 8.69. The van der Waals surface area contributed by atoms with Crippen molar-refractivity contribution in [3.05, 3.63) is 52.6 Å². The summed E-state index contributed by atoms with van der Waals surface area (Å²) in [6.45, 7) is 0. The van der Waals surface area contributed by atoms with E-state index in [2.05, 4.69) is 25.8 Å². The molecule has 0 radical (unpaired) electrons. The molecule has 0 aliphatic heterocycles. The van der Waals surface area contributed by atoms with Crippen molar-refractivity contribution in [1.82, 2.24) is 9.78 Å². The highest BCUT2D eigenvalue weighted by Crippen LogP contribution is 2.41. The van der Waals surface area contributed by atoms with Crippen LogP contribution in [-0.2, 0) is 17.1 Å². The van der Waals surface area contributed by atoms with E-state index in [1.54, 1.807) is 28.9 Å². The molecule has 5 nitrogen and oxygen atoms in total. The second-order valence-electron chi connectivity index (χ2n) is 6.81. The van der Waals surface area contributed by atoms with Gasteiger partial charge < -0.3 is 0 Å². The van der Waals surface area contributed by atoms with E-state index in [4.69, 9.17) is 0 Å². The molecule has 4 rings (SSSR count). The van der Waals surface area contributed by atoms with Crippen LogP contribution in [0.4, 0.5) is 5.69 Å². The second-order valence-corrected chi connectivity index (χ2v) is 9.40. The number of rotatable bonds is 4. The van der Waals surface area contributed by atoms with E-state index in [9.17, 15) is 8.42 Å². The molecule has 0 amide bonds. The zero-order valence-electron chi connectivity index (χ0n) is 14.4. The molecule has 1 aromatic heterocycles. The number of anilines is 1. The highest BCUT2D eigenvalue weighted by atomic mass is 79.9. The highest BCUT2D eigenvalue weighted by molar-refractivity contribution is 9.10. The molecule has 7 heteroatoms. The molecule has 0 unspecified atom stereocenters. The molecule has 1 aliphatic rings. The zero-order valence-corrected chi connectivity index (χ0v) is 16.8. The first-order chi connectivity index (χ1) is 12.4. The summed E-state index contributed by atoms with van der Waals surface area (Å²) in [5.74, 6) is 0.391. The van der Waals surface area contributed by atoms with Crippen molar-refractivity contribution >= 4 is 42.5 Å². The lowest BCUT2D eigenvalue weighted by molar-refractivity contribution is 0.601. The predicted molar refractivity (Wildman–Crippen MR) is 107 cm³/mol. The molecule has 2 aromatic carbocycles. The van der Waals surface area contributed by atoms with Gasteiger partial charge >= 0.3 is 0 Å². The van der Waals surface area contributed by atoms with E-state index < -0.39 is 10.0 Å². The van der Waals surface area contributed by atoms with Crippen LogP contribution in [0.1, 0.15) is 37.2 Å². The van der Waals surface area contributed by atoms with Gasteiger partial charge in [0, 0.05) is 23.1 Å². The Hall–Kier alpha value is -1.86. The maximum absolute atomic E-state index is 13.0. The summed E-state index contributed by atoms with van der Waals surface area (Å²) in [4.78, 5) is 0.249. The molecule has 1 aliphatic carbocycles. The normalized spacial score (nSPS) is 15.6. The number of sulfonamides is 1. The third-order valence-corrected chi connectivity index (χ3v) is 6.89. The van der Waals surface area contributed by atoms with E-state index in [-0.39, 0.29) is 4.90 Å². The van der Waals surface area contributed by atoms with Crippen LogP contribution in [0.25, 0.3) is 10.9 Å². The fourth-order valence-electron chi connectivity index (χ4n) is 3.73. The predicted octanol–water partition coefficient (Wildman–Crippen LogP) is 4.79. The number of aromatic nitrogens is 2. The highest BCUT2D eigenvalue weighted by Gasteiger charge is 2.25. The average molecular weight is 434 g/mol. The Balaban J connectivity index is 1.83. The summed E-state index contributed by atoms with van der Waals surface area (Å²) in [6, 6.07) is 10.7. The van der Waals surface area contributed by atoms with Gasteiger partial charge in [0.1, 0.15) is 0 Å². The average Bonchev–Trinajstić information content (AvgIpc) is 3.24. The fraction of sp³-hybridized carbons (Fsp3) is 0.316. The first-order valence-corrected chi connectivity index (χ1v) is 11.0. The number of nitrogens with zero attached hydrogens (tertiary/aromatic N) is 2. The second kappa shape index (κ2) is 6.70. The lowest BCUT2D eigenvalue weighted by atomic mass is 9.94. The van der Waals surface area contributed by atoms with Gasteiger partial charge in [-0.2, -0.15) is 5.10 Å². The maximum atomic E-state index is 13.0. The smallest absolute Gasteiger partial charge is 0.261 e. The summed E-state index contributed by atoms with van der Waals surface area (Å²) in [7, 11) is -1.82. The van der Waals surface area contributed by atoms with E-state index >= 15 is 0 Å². The van der Waals surface area contributed by atoms with Crippen LogP contribution < -0.4 is 4.72 Å². The van der Waals surface area contributed by atoms with E-state index in [0.29, 0.717) is 11.6 Å². The molecule has 1 saturated carbocycles. The summed E-state index contributed by atoms with van der Waals surface area (Å²) < 4.78 is 31.4.